The number of fused-ring (bicyclic) bond motifs is 1. The summed E-state index contributed by atoms with van der Waals surface area (Å²) in [6.07, 6.45) is 8.86. The van der Waals surface area contributed by atoms with Crippen LogP contribution in [-0.2, 0) is 0 Å². The lowest BCUT2D eigenvalue weighted by Crippen LogP contribution is -2.37. The summed E-state index contributed by atoms with van der Waals surface area (Å²) in [6, 6.07) is 0.280. The first-order chi connectivity index (χ1) is 13.7. The largest absolute Gasteiger partial charge is 0.493 e. The summed E-state index contributed by atoms with van der Waals surface area (Å²) in [5.74, 6) is 0.240. The number of nitrogens with zero attached hydrogens (tertiary/aromatic N) is 6. The molecule has 1 aliphatic carbocycles. The minimum Gasteiger partial charge on any atom is -0.493 e. The van der Waals surface area contributed by atoms with E-state index in [1.165, 1.54) is 6.42 Å². The van der Waals surface area contributed by atoms with Gasteiger partial charge in [-0.2, -0.15) is 19.6 Å². The van der Waals surface area contributed by atoms with Gasteiger partial charge in [-0.1, -0.05) is 6.42 Å². The van der Waals surface area contributed by atoms with Gasteiger partial charge in [-0.15, -0.1) is 0 Å². The van der Waals surface area contributed by atoms with Crippen molar-refractivity contribution >= 4 is 17.7 Å². The second kappa shape index (κ2) is 6.75. The fraction of sp³-hybridized carbons (Fsp3) is 0.471. The van der Waals surface area contributed by atoms with E-state index in [1.54, 1.807) is 16.8 Å². The molecule has 28 heavy (non-hydrogen) atoms. The first-order valence-corrected chi connectivity index (χ1v) is 9.50. The van der Waals surface area contributed by atoms with Gasteiger partial charge in [-0.3, -0.25) is 10.4 Å². The number of aromatic hydroxyl groups is 1. The van der Waals surface area contributed by atoms with Crippen LogP contribution in [0.2, 0.25) is 0 Å². The molecule has 1 saturated carbocycles. The topological polar surface area (TPSA) is 140 Å². The molecule has 2 fully saturated rings. The Morgan fingerprint density at radius 2 is 2.04 bits per heavy atom. The van der Waals surface area contributed by atoms with Crippen LogP contribution in [0.15, 0.2) is 16.0 Å². The molecule has 3 aromatic heterocycles. The normalized spacial score (nSPS) is 19.6. The van der Waals surface area contributed by atoms with Crippen molar-refractivity contribution in [3.05, 3.63) is 33.2 Å². The third kappa shape index (κ3) is 3.36. The first kappa shape index (κ1) is 16.9. The predicted molar refractivity (Wildman–Crippen MR) is 100 cm³/mol. The maximum Gasteiger partial charge on any atom is 0.326 e. The van der Waals surface area contributed by atoms with Crippen LogP contribution in [0.3, 0.4) is 0 Å². The zero-order valence-corrected chi connectivity index (χ0v) is 15.2. The molecule has 3 aromatic rings. The number of nitrogens with one attached hydrogen (secondary N) is 3. The molecule has 0 unspecified atom stereocenters. The Hall–Kier alpha value is -3.21. The van der Waals surface area contributed by atoms with E-state index < -0.39 is 5.69 Å². The van der Waals surface area contributed by atoms with Crippen LogP contribution in [0.5, 0.6) is 5.88 Å². The molecule has 0 radical (unpaired) electrons. The van der Waals surface area contributed by atoms with Crippen molar-refractivity contribution < 1.29 is 5.11 Å². The summed E-state index contributed by atoms with van der Waals surface area (Å²) < 4.78 is 1.59. The fourth-order valence-corrected chi connectivity index (χ4v) is 3.28. The number of hydrogen-bond donors (Lipinski definition) is 4. The van der Waals surface area contributed by atoms with Gasteiger partial charge >= 0.3 is 5.69 Å². The van der Waals surface area contributed by atoms with Crippen molar-refractivity contribution in [2.24, 2.45) is 4.99 Å². The molecule has 2 aliphatic rings. The highest BCUT2D eigenvalue weighted by Crippen LogP contribution is 2.22. The second-order valence-electron chi connectivity index (χ2n) is 7.19. The van der Waals surface area contributed by atoms with Gasteiger partial charge < -0.3 is 10.1 Å². The Labute approximate surface area is 158 Å². The van der Waals surface area contributed by atoms with Crippen molar-refractivity contribution in [3.8, 4) is 5.88 Å². The van der Waals surface area contributed by atoms with Gasteiger partial charge in [0.15, 0.2) is 5.65 Å². The highest BCUT2D eigenvalue weighted by atomic mass is 16.3. The van der Waals surface area contributed by atoms with Gasteiger partial charge in [0.2, 0.25) is 11.8 Å². The predicted octanol–water partition coefficient (Wildman–Crippen LogP) is -0.730. The van der Waals surface area contributed by atoms with Gasteiger partial charge in [-0.05, 0) is 31.8 Å². The number of aromatic amines is 2. The number of piperidine rings is 1. The summed E-state index contributed by atoms with van der Waals surface area (Å²) in [5, 5.41) is 17.0. The molecule has 4 N–H and O–H groups in total. The number of imidazole rings is 1. The molecule has 5 rings (SSSR count). The quantitative estimate of drug-likeness (QED) is 0.466. The van der Waals surface area contributed by atoms with Crippen molar-refractivity contribution in [2.45, 2.75) is 38.1 Å². The molecule has 1 aliphatic heterocycles. The zero-order valence-electron chi connectivity index (χ0n) is 15.2. The van der Waals surface area contributed by atoms with Crippen LogP contribution in [-0.4, -0.2) is 58.8 Å². The molecule has 0 bridgehead atoms. The van der Waals surface area contributed by atoms with E-state index in [9.17, 15) is 9.90 Å². The Morgan fingerprint density at radius 1 is 1.21 bits per heavy atom. The highest BCUT2D eigenvalue weighted by molar-refractivity contribution is 5.57. The molecule has 0 amide bonds. The smallest absolute Gasteiger partial charge is 0.326 e. The molecule has 11 nitrogen and oxygen atoms in total. The SMILES string of the molecule is O=c1[nH]c(O)c(/C=c2\cnn3c(=NC4CC4)nc(NN4CCCCC4)nc23)[nH]1. The lowest BCUT2D eigenvalue weighted by atomic mass is 10.2. The molecule has 0 aromatic carbocycles. The number of aromatic nitrogens is 6. The van der Waals surface area contributed by atoms with Crippen LogP contribution in [0.4, 0.5) is 5.95 Å². The maximum atomic E-state index is 11.4. The van der Waals surface area contributed by atoms with E-state index in [4.69, 9.17) is 0 Å². The van der Waals surface area contributed by atoms with E-state index in [1.807, 2.05) is 0 Å². The minimum absolute atomic E-state index is 0.229. The van der Waals surface area contributed by atoms with Crippen LogP contribution in [0, 0.1) is 0 Å². The fourth-order valence-electron chi connectivity index (χ4n) is 3.28. The molecule has 11 heteroatoms. The average molecular weight is 383 g/mol. The highest BCUT2D eigenvalue weighted by Gasteiger charge is 2.21. The monoisotopic (exact) mass is 383 g/mol. The molecular weight excluding hydrogens is 362 g/mol. The lowest BCUT2D eigenvalue weighted by Gasteiger charge is -2.26. The van der Waals surface area contributed by atoms with Gasteiger partial charge in [-0.25, -0.2) is 14.8 Å². The molecule has 1 saturated heterocycles. The van der Waals surface area contributed by atoms with Crippen molar-refractivity contribution in [1.82, 2.24) is 34.6 Å². The van der Waals surface area contributed by atoms with Gasteiger partial charge in [0.1, 0.15) is 5.69 Å². The van der Waals surface area contributed by atoms with Crippen LogP contribution in [0.25, 0.3) is 11.7 Å². The third-order valence-corrected chi connectivity index (χ3v) is 4.87. The molecule has 146 valence electrons. The van der Waals surface area contributed by atoms with Gasteiger partial charge in [0.25, 0.3) is 5.62 Å². The van der Waals surface area contributed by atoms with E-state index in [0.717, 1.165) is 38.8 Å². The minimum atomic E-state index is -0.480. The summed E-state index contributed by atoms with van der Waals surface area (Å²) in [4.78, 5) is 30.1. The molecule has 4 heterocycles. The van der Waals surface area contributed by atoms with Crippen molar-refractivity contribution in [1.29, 1.82) is 0 Å². The summed E-state index contributed by atoms with van der Waals surface area (Å²) in [7, 11) is 0. The Morgan fingerprint density at radius 3 is 2.75 bits per heavy atom. The number of hydrazine groups is 1. The molecular formula is C17H21N9O2. The van der Waals surface area contributed by atoms with Crippen LogP contribution >= 0.6 is 0 Å². The summed E-state index contributed by atoms with van der Waals surface area (Å²) in [5.41, 5.74) is 4.12. The molecule has 0 atom stereocenters. The lowest BCUT2D eigenvalue weighted by molar-refractivity contribution is 0.271. The second-order valence-corrected chi connectivity index (χ2v) is 7.19. The number of H-pyrrole nitrogens is 2. The first-order valence-electron chi connectivity index (χ1n) is 9.50. The van der Waals surface area contributed by atoms with Gasteiger partial charge in [0, 0.05) is 18.3 Å². The average Bonchev–Trinajstić information content (AvgIpc) is 3.32. The van der Waals surface area contributed by atoms with Crippen molar-refractivity contribution in [3.63, 3.8) is 0 Å². The Bertz CT molecular complexity index is 1180. The zero-order chi connectivity index (χ0) is 19.1. The summed E-state index contributed by atoms with van der Waals surface area (Å²) >= 11 is 0. The van der Waals surface area contributed by atoms with E-state index in [-0.39, 0.29) is 17.6 Å². The van der Waals surface area contributed by atoms with Crippen LogP contribution < -0.4 is 22.0 Å². The van der Waals surface area contributed by atoms with E-state index in [0.29, 0.717) is 22.4 Å². The maximum absolute atomic E-state index is 11.4. The third-order valence-electron chi connectivity index (χ3n) is 4.87. The number of hydrogen-bond acceptors (Lipinski definition) is 8. The Balaban J connectivity index is 1.63. The number of rotatable bonds is 4. The van der Waals surface area contributed by atoms with E-state index >= 15 is 0 Å². The van der Waals surface area contributed by atoms with Crippen molar-refractivity contribution in [2.75, 3.05) is 18.5 Å². The van der Waals surface area contributed by atoms with Gasteiger partial charge in [0.05, 0.1) is 12.2 Å². The Kier molecular flexibility index (Phi) is 4.08. The number of anilines is 1. The molecule has 0 spiro atoms. The van der Waals surface area contributed by atoms with Crippen LogP contribution in [0.1, 0.15) is 37.8 Å². The van der Waals surface area contributed by atoms with E-state index in [2.05, 4.69) is 40.5 Å². The summed E-state index contributed by atoms with van der Waals surface area (Å²) in [6.45, 7) is 1.89. The standard InChI is InChI=1S/C17H21N9O2/c27-14-12(20-17(28)22-14)8-10-9-18-26-13(10)21-15(23-16(26)19-11-4-5-11)24-25-6-2-1-3-7-25/h8-9,11,27H,1-7H2,(H,19,23,24)(H2,20,22,28)/b10-8+.